The minimum absolute atomic E-state index is 0.323. The fourth-order valence-corrected chi connectivity index (χ4v) is 7.83. The van der Waals surface area contributed by atoms with Crippen molar-refractivity contribution in [2.75, 3.05) is 45.6 Å². The summed E-state index contributed by atoms with van der Waals surface area (Å²) in [6.07, 6.45) is 10.2. The topological polar surface area (TPSA) is 171 Å². The SMILES string of the molecule is C=C1NC(=O)NC=C1[C@@H]1O[C@@]2(CCP(=C)(C)C)CO[C@@H]1[C@@H]2O.C=C1NC(=O)NC=C1[C@@H]1O[C@](C)(CCP(=C)(C)C)[C@@H](O)[C@H]1O. The van der Waals surface area contributed by atoms with E-state index in [2.05, 4.69) is 73.7 Å². The number of hydrogen-bond acceptors (Lipinski definition) is 8. The molecule has 0 aromatic carbocycles. The third kappa shape index (κ3) is 7.45. The standard InChI is InChI=1S/C15H23N2O4P.C15H25N2O4P/c1-9-10(7-16-14(19)17-9)11-12-13(18)15(21-11,8-20-12)5-6-22(2,3)4;1-9-10(8-16-14(20)17-9)12-11(18)13(19)15(2,21-12)6-7-22(3,4)5/h7,11-13,18H,1-2,5-6,8H2,3-4H3,(H2,16,17,19);8,11-13,18-19H,1,3,6-7H2,2,4-5H3,(H2,16,17,20)/t11-,12-,13-,15-;11-,12-,13-,15+/m00/s1. The maximum absolute atomic E-state index is 11.3. The lowest BCUT2D eigenvalue weighted by atomic mass is 9.92. The lowest BCUT2D eigenvalue weighted by Crippen LogP contribution is -2.44. The highest BCUT2D eigenvalue weighted by Crippen LogP contribution is 2.48. The lowest BCUT2D eigenvalue weighted by molar-refractivity contribution is -0.132. The fraction of sp³-hybridized carbons (Fsp3) is 0.600. The van der Waals surface area contributed by atoms with E-state index < -0.39 is 61.6 Å². The summed E-state index contributed by atoms with van der Waals surface area (Å²) >= 11 is 0. The summed E-state index contributed by atoms with van der Waals surface area (Å²) in [6.45, 7) is 15.9. The van der Waals surface area contributed by atoms with Gasteiger partial charge in [0, 0.05) is 34.9 Å². The van der Waals surface area contributed by atoms with Crippen molar-refractivity contribution in [1.29, 1.82) is 0 Å². The Morgan fingerprint density at radius 3 is 1.84 bits per heavy atom. The van der Waals surface area contributed by atoms with E-state index in [1.165, 1.54) is 6.20 Å². The molecule has 12 nitrogen and oxygen atoms in total. The summed E-state index contributed by atoms with van der Waals surface area (Å²) in [5.74, 6) is 0. The van der Waals surface area contributed by atoms with E-state index in [0.717, 1.165) is 18.7 Å². The summed E-state index contributed by atoms with van der Waals surface area (Å²) in [4.78, 5) is 22.5. The molecule has 0 spiro atoms. The van der Waals surface area contributed by atoms with Crippen molar-refractivity contribution in [3.05, 3.63) is 48.1 Å². The largest absolute Gasteiger partial charge is 0.387 e. The van der Waals surface area contributed by atoms with Gasteiger partial charge in [0.25, 0.3) is 0 Å². The third-order valence-corrected chi connectivity index (χ3v) is 11.5. The molecule has 5 aliphatic rings. The van der Waals surface area contributed by atoms with E-state index in [0.29, 0.717) is 35.6 Å². The number of aliphatic hydroxyl groups excluding tert-OH is 3. The van der Waals surface area contributed by atoms with Gasteiger partial charge >= 0.3 is 12.1 Å². The minimum atomic E-state index is -1.25. The number of nitrogens with one attached hydrogen (secondary N) is 4. The van der Waals surface area contributed by atoms with Crippen LogP contribution in [0, 0.1) is 0 Å². The zero-order chi connectivity index (χ0) is 32.8. The van der Waals surface area contributed by atoms with Crippen LogP contribution in [0.15, 0.2) is 48.1 Å². The van der Waals surface area contributed by atoms with Crippen molar-refractivity contribution < 1.29 is 39.1 Å². The number of fused-ring (bicyclic) bond motifs is 2. The molecule has 0 radical (unpaired) electrons. The van der Waals surface area contributed by atoms with Crippen LogP contribution < -0.4 is 21.3 Å². The Morgan fingerprint density at radius 1 is 0.841 bits per heavy atom. The van der Waals surface area contributed by atoms with Gasteiger partial charge in [0.15, 0.2) is 0 Å². The summed E-state index contributed by atoms with van der Waals surface area (Å²) < 4.78 is 17.9. The molecule has 0 aromatic rings. The molecule has 14 heteroatoms. The molecule has 246 valence electrons. The number of ether oxygens (including phenoxy) is 3. The first-order valence-electron chi connectivity index (χ1n) is 14.6. The molecule has 0 unspecified atom stereocenters. The van der Waals surface area contributed by atoms with Crippen LogP contribution in [0.2, 0.25) is 0 Å². The average Bonchev–Trinajstić information content (AvgIpc) is 3.46. The van der Waals surface area contributed by atoms with Gasteiger partial charge < -0.3 is 50.8 Å². The first-order valence-corrected chi connectivity index (χ1v) is 20.7. The first kappa shape index (κ1) is 34.7. The van der Waals surface area contributed by atoms with Gasteiger partial charge in [-0.2, -0.15) is 0 Å². The van der Waals surface area contributed by atoms with E-state index in [-0.39, 0.29) is 12.1 Å². The number of carbonyl (C=O) groups excluding carboxylic acids is 2. The normalized spacial score (nSPS) is 36.8. The quantitative estimate of drug-likeness (QED) is 0.193. The molecule has 8 atom stereocenters. The van der Waals surface area contributed by atoms with Gasteiger partial charge in [0.2, 0.25) is 0 Å². The first-order chi connectivity index (χ1) is 20.3. The highest BCUT2D eigenvalue weighted by Gasteiger charge is 2.61. The summed E-state index contributed by atoms with van der Waals surface area (Å²) in [5.41, 5.74) is 0.591. The van der Waals surface area contributed by atoms with Gasteiger partial charge in [0.1, 0.15) is 42.2 Å². The van der Waals surface area contributed by atoms with Crippen LogP contribution in [0.4, 0.5) is 9.59 Å². The Hall–Kier alpha value is -2.14. The van der Waals surface area contributed by atoms with Crippen molar-refractivity contribution in [2.45, 2.75) is 67.6 Å². The van der Waals surface area contributed by atoms with Gasteiger partial charge in [-0.25, -0.2) is 9.59 Å². The number of rotatable bonds is 8. The zero-order valence-electron chi connectivity index (χ0n) is 26.3. The van der Waals surface area contributed by atoms with Gasteiger partial charge in [-0.05, 0) is 58.7 Å². The predicted octanol–water partition coefficient (Wildman–Crippen LogP) is 1.37. The van der Waals surface area contributed by atoms with Crippen molar-refractivity contribution in [3.8, 4) is 0 Å². The molecule has 4 amide bonds. The Labute approximate surface area is 259 Å². The molecule has 0 aliphatic carbocycles. The molecule has 44 heavy (non-hydrogen) atoms. The van der Waals surface area contributed by atoms with Crippen molar-refractivity contribution in [3.63, 3.8) is 0 Å². The highest BCUT2D eigenvalue weighted by atomic mass is 31.2. The van der Waals surface area contributed by atoms with Gasteiger partial charge in [-0.15, -0.1) is 26.4 Å². The van der Waals surface area contributed by atoms with Crippen molar-refractivity contribution in [1.82, 2.24) is 21.3 Å². The second-order valence-electron chi connectivity index (χ2n) is 13.8. The smallest absolute Gasteiger partial charge is 0.323 e. The Bertz CT molecular complexity index is 1320. The Kier molecular flexibility index (Phi) is 9.92. The van der Waals surface area contributed by atoms with Crippen LogP contribution in [0.5, 0.6) is 0 Å². The molecule has 3 fully saturated rings. The van der Waals surface area contributed by atoms with Crippen LogP contribution in [-0.4, -0.2) is 133 Å². The monoisotopic (exact) mass is 654 g/mol. The van der Waals surface area contributed by atoms with Crippen LogP contribution in [0.25, 0.3) is 0 Å². The summed E-state index contributed by atoms with van der Waals surface area (Å²) in [5, 5.41) is 41.6. The molecule has 0 saturated carbocycles. The Balaban J connectivity index is 0.000000201. The Morgan fingerprint density at radius 2 is 1.34 bits per heavy atom. The van der Waals surface area contributed by atoms with E-state index in [1.54, 1.807) is 13.1 Å². The maximum Gasteiger partial charge on any atom is 0.323 e. The van der Waals surface area contributed by atoms with E-state index in [9.17, 15) is 24.9 Å². The van der Waals surface area contributed by atoms with E-state index in [1.807, 2.05) is 0 Å². The molecule has 5 rings (SSSR count). The van der Waals surface area contributed by atoms with Gasteiger partial charge in [-0.3, -0.25) is 0 Å². The molecule has 7 N–H and O–H groups in total. The predicted molar refractivity (Wildman–Crippen MR) is 177 cm³/mol. The van der Waals surface area contributed by atoms with Crippen LogP contribution in [0.1, 0.15) is 19.8 Å². The van der Waals surface area contributed by atoms with Gasteiger partial charge in [0.05, 0.1) is 12.2 Å². The molecule has 2 bridgehead atoms. The zero-order valence-corrected chi connectivity index (χ0v) is 28.0. The molecule has 5 heterocycles. The molecule has 3 saturated heterocycles. The third-order valence-electron chi connectivity index (χ3n) is 8.60. The van der Waals surface area contributed by atoms with E-state index >= 15 is 0 Å². The number of urea groups is 2. The number of amides is 4. The highest BCUT2D eigenvalue weighted by molar-refractivity contribution is 7.72. The molecule has 0 aromatic heterocycles. The maximum atomic E-state index is 11.3. The van der Waals surface area contributed by atoms with Crippen molar-refractivity contribution >= 4 is 38.4 Å². The number of aliphatic hydroxyl groups is 3. The van der Waals surface area contributed by atoms with Crippen molar-refractivity contribution in [2.24, 2.45) is 0 Å². The average molecular weight is 655 g/mol. The molecular weight excluding hydrogens is 606 g/mol. The number of hydrogen-bond donors (Lipinski definition) is 7. The summed E-state index contributed by atoms with van der Waals surface area (Å²) in [7, 11) is 0. The van der Waals surface area contributed by atoms with E-state index in [4.69, 9.17) is 14.2 Å². The lowest BCUT2D eigenvalue weighted by Gasteiger charge is -2.34. The molecular formula is C30H48N4O8P2. The summed E-state index contributed by atoms with van der Waals surface area (Å²) in [6, 6.07) is -0.704. The fourth-order valence-electron chi connectivity index (χ4n) is 5.80. The second-order valence-corrected chi connectivity index (χ2v) is 22.4. The van der Waals surface area contributed by atoms with Gasteiger partial charge in [-0.1, -0.05) is 13.2 Å². The van der Waals surface area contributed by atoms with Crippen LogP contribution in [-0.2, 0) is 14.2 Å². The van der Waals surface area contributed by atoms with Crippen LogP contribution in [0.3, 0.4) is 0 Å². The number of carbonyl (C=O) groups is 2. The van der Waals surface area contributed by atoms with Crippen LogP contribution >= 0.6 is 13.8 Å². The molecule has 5 aliphatic heterocycles. The second kappa shape index (κ2) is 12.6. The minimum Gasteiger partial charge on any atom is -0.387 e.